The van der Waals surface area contributed by atoms with Crippen molar-refractivity contribution < 1.29 is 4.79 Å². The largest absolute Gasteiger partial charge is 0.310 e. The average molecular weight is 235 g/mol. The first-order valence-corrected chi connectivity index (χ1v) is 5.95. The van der Waals surface area contributed by atoms with E-state index in [0.29, 0.717) is 0 Å². The number of nitrogens with zero attached hydrogens (tertiary/aromatic N) is 1. The van der Waals surface area contributed by atoms with E-state index < -0.39 is 0 Å². The maximum absolute atomic E-state index is 11.2. The molecule has 1 unspecified atom stereocenters. The zero-order valence-corrected chi connectivity index (χ0v) is 9.86. The number of benzene rings is 2. The lowest BCUT2D eigenvalue weighted by molar-refractivity contribution is -0.117. The van der Waals surface area contributed by atoms with Crippen molar-refractivity contribution in [1.29, 1.82) is 0 Å². The third kappa shape index (κ3) is 1.72. The Kier molecular flexibility index (Phi) is 2.69. The Hall–Kier alpha value is -2.35. The van der Waals surface area contributed by atoms with Crippen LogP contribution in [-0.4, -0.2) is 11.3 Å². The first kappa shape index (κ1) is 10.8. The Labute approximate surface area is 106 Å². The van der Waals surface area contributed by atoms with E-state index >= 15 is 0 Å². The lowest BCUT2D eigenvalue weighted by Gasteiger charge is -2.30. The predicted octanol–water partition coefficient (Wildman–Crippen LogP) is 3.22. The maximum Gasteiger partial charge on any atom is 0.214 e. The van der Waals surface area contributed by atoms with E-state index in [-0.39, 0.29) is 6.04 Å². The Bertz CT molecular complexity index is 589. The van der Waals surface area contributed by atoms with Crippen molar-refractivity contribution in [3.63, 3.8) is 0 Å². The van der Waals surface area contributed by atoms with Gasteiger partial charge in [-0.1, -0.05) is 54.6 Å². The molecule has 1 amide bonds. The second-order valence-corrected chi connectivity index (χ2v) is 4.31. The van der Waals surface area contributed by atoms with Gasteiger partial charge in [0.1, 0.15) is 0 Å². The molecule has 1 atom stereocenters. The van der Waals surface area contributed by atoms with Crippen molar-refractivity contribution in [2.24, 2.45) is 0 Å². The Morgan fingerprint density at radius 1 is 0.944 bits per heavy atom. The van der Waals surface area contributed by atoms with Crippen LogP contribution in [0.15, 0.2) is 60.8 Å². The molecule has 0 bridgehead atoms. The first-order valence-electron chi connectivity index (χ1n) is 5.95. The van der Waals surface area contributed by atoms with Gasteiger partial charge in [0.25, 0.3) is 0 Å². The van der Waals surface area contributed by atoms with Gasteiger partial charge in [-0.15, -0.1) is 0 Å². The number of hydrogen-bond acceptors (Lipinski definition) is 1. The molecular weight excluding hydrogens is 222 g/mol. The lowest BCUT2D eigenvalue weighted by atomic mass is 9.91. The summed E-state index contributed by atoms with van der Waals surface area (Å²) in [6.07, 6.45) is 4.69. The molecule has 0 saturated heterocycles. The van der Waals surface area contributed by atoms with Crippen LogP contribution in [0.1, 0.15) is 22.7 Å². The minimum absolute atomic E-state index is 0.0232. The topological polar surface area (TPSA) is 20.3 Å². The van der Waals surface area contributed by atoms with Gasteiger partial charge in [-0.3, -0.25) is 4.79 Å². The molecule has 2 aromatic rings. The average Bonchev–Trinajstić information content (AvgIpc) is 2.47. The van der Waals surface area contributed by atoms with Gasteiger partial charge in [0, 0.05) is 6.20 Å². The monoisotopic (exact) mass is 235 g/mol. The molecule has 1 aliphatic rings. The molecule has 2 aromatic carbocycles. The third-order valence-corrected chi connectivity index (χ3v) is 3.25. The molecule has 18 heavy (non-hydrogen) atoms. The summed E-state index contributed by atoms with van der Waals surface area (Å²) in [4.78, 5) is 12.9. The van der Waals surface area contributed by atoms with Gasteiger partial charge in [-0.25, -0.2) is 0 Å². The Morgan fingerprint density at radius 2 is 1.67 bits per heavy atom. The van der Waals surface area contributed by atoms with E-state index in [1.807, 2.05) is 42.6 Å². The maximum atomic E-state index is 11.2. The van der Waals surface area contributed by atoms with Crippen molar-refractivity contribution >= 4 is 12.5 Å². The quantitative estimate of drug-likeness (QED) is 0.732. The molecule has 0 fully saturated rings. The van der Waals surface area contributed by atoms with Gasteiger partial charge in [0.15, 0.2) is 0 Å². The van der Waals surface area contributed by atoms with Crippen molar-refractivity contribution in [3.8, 4) is 0 Å². The molecule has 88 valence electrons. The molecule has 1 heterocycles. The first-order chi connectivity index (χ1) is 8.90. The fourth-order valence-corrected chi connectivity index (χ4v) is 2.41. The van der Waals surface area contributed by atoms with E-state index in [1.165, 1.54) is 11.1 Å². The third-order valence-electron chi connectivity index (χ3n) is 3.25. The number of fused-ring (bicyclic) bond motifs is 1. The Balaban J connectivity index is 2.15. The minimum Gasteiger partial charge on any atom is -0.310 e. The van der Waals surface area contributed by atoms with Crippen molar-refractivity contribution in [3.05, 3.63) is 77.5 Å². The van der Waals surface area contributed by atoms with E-state index in [4.69, 9.17) is 0 Å². The van der Waals surface area contributed by atoms with Crippen LogP contribution in [0.2, 0.25) is 0 Å². The van der Waals surface area contributed by atoms with Gasteiger partial charge in [-0.05, 0) is 22.8 Å². The molecular formula is C16H13NO. The highest BCUT2D eigenvalue weighted by atomic mass is 16.1. The fourth-order valence-electron chi connectivity index (χ4n) is 2.41. The molecule has 2 heteroatoms. The van der Waals surface area contributed by atoms with Crippen LogP contribution in [0.25, 0.3) is 6.08 Å². The normalized spacial score (nSPS) is 17.3. The fraction of sp³-hybridized carbons (Fsp3) is 0.0625. The van der Waals surface area contributed by atoms with E-state index in [9.17, 15) is 4.79 Å². The number of rotatable bonds is 2. The van der Waals surface area contributed by atoms with Crippen LogP contribution in [-0.2, 0) is 4.79 Å². The highest BCUT2D eigenvalue weighted by molar-refractivity contribution is 5.65. The summed E-state index contributed by atoms with van der Waals surface area (Å²) in [5.74, 6) is 0. The van der Waals surface area contributed by atoms with Crippen LogP contribution >= 0.6 is 0 Å². The van der Waals surface area contributed by atoms with E-state index in [2.05, 4.69) is 24.3 Å². The van der Waals surface area contributed by atoms with Gasteiger partial charge >= 0.3 is 0 Å². The minimum atomic E-state index is -0.0232. The number of carbonyl (C=O) groups excluding carboxylic acids is 1. The summed E-state index contributed by atoms with van der Waals surface area (Å²) in [6.45, 7) is 0. The number of hydrogen-bond donors (Lipinski definition) is 0. The van der Waals surface area contributed by atoms with Gasteiger partial charge in [0.05, 0.1) is 6.04 Å². The van der Waals surface area contributed by atoms with Crippen LogP contribution in [0, 0.1) is 0 Å². The van der Waals surface area contributed by atoms with Gasteiger partial charge < -0.3 is 4.90 Å². The van der Waals surface area contributed by atoms with E-state index in [0.717, 1.165) is 12.0 Å². The smallest absolute Gasteiger partial charge is 0.214 e. The summed E-state index contributed by atoms with van der Waals surface area (Å²) in [6, 6.07) is 18.2. The highest BCUT2D eigenvalue weighted by Gasteiger charge is 2.24. The zero-order valence-electron chi connectivity index (χ0n) is 9.86. The summed E-state index contributed by atoms with van der Waals surface area (Å²) in [7, 11) is 0. The van der Waals surface area contributed by atoms with E-state index in [1.54, 1.807) is 4.90 Å². The zero-order chi connectivity index (χ0) is 12.4. The molecule has 0 aliphatic carbocycles. The molecule has 0 aromatic heterocycles. The Morgan fingerprint density at radius 3 is 2.44 bits per heavy atom. The van der Waals surface area contributed by atoms with Crippen LogP contribution in [0.3, 0.4) is 0 Å². The molecule has 0 N–H and O–H groups in total. The van der Waals surface area contributed by atoms with Crippen molar-refractivity contribution in [2.75, 3.05) is 0 Å². The lowest BCUT2D eigenvalue weighted by Crippen LogP contribution is -2.26. The standard InChI is InChI=1S/C16H13NO/c18-12-17-11-10-13-6-4-5-9-15(13)16(17)14-7-2-1-3-8-14/h1-12,16H. The molecule has 0 spiro atoms. The molecule has 3 rings (SSSR count). The second-order valence-electron chi connectivity index (χ2n) is 4.31. The molecule has 2 nitrogen and oxygen atoms in total. The molecule has 1 aliphatic heterocycles. The summed E-state index contributed by atoms with van der Waals surface area (Å²) in [5.41, 5.74) is 3.46. The molecule has 0 saturated carbocycles. The SMILES string of the molecule is O=CN1C=Cc2ccccc2C1c1ccccc1. The van der Waals surface area contributed by atoms with Crippen molar-refractivity contribution in [2.45, 2.75) is 6.04 Å². The molecule has 0 radical (unpaired) electrons. The van der Waals surface area contributed by atoms with Crippen molar-refractivity contribution in [1.82, 2.24) is 4.90 Å². The van der Waals surface area contributed by atoms with Crippen LogP contribution in [0.4, 0.5) is 0 Å². The predicted molar refractivity (Wildman–Crippen MR) is 71.7 cm³/mol. The second kappa shape index (κ2) is 4.49. The number of amides is 1. The summed E-state index contributed by atoms with van der Waals surface area (Å²) >= 11 is 0. The summed E-state index contributed by atoms with van der Waals surface area (Å²) < 4.78 is 0. The van der Waals surface area contributed by atoms with Gasteiger partial charge in [0.2, 0.25) is 6.41 Å². The number of carbonyl (C=O) groups is 1. The van der Waals surface area contributed by atoms with Gasteiger partial charge in [-0.2, -0.15) is 0 Å². The van der Waals surface area contributed by atoms with Crippen LogP contribution < -0.4 is 0 Å². The highest BCUT2D eigenvalue weighted by Crippen LogP contribution is 2.34. The van der Waals surface area contributed by atoms with Crippen LogP contribution in [0.5, 0.6) is 0 Å². The summed E-state index contributed by atoms with van der Waals surface area (Å²) in [5, 5.41) is 0.